The summed E-state index contributed by atoms with van der Waals surface area (Å²) in [6.45, 7) is 4.01. The van der Waals surface area contributed by atoms with E-state index in [1.807, 2.05) is 36.1 Å². The van der Waals surface area contributed by atoms with E-state index in [1.165, 1.54) is 5.56 Å². The molecule has 0 saturated heterocycles. The zero-order valence-corrected chi connectivity index (χ0v) is 10.3. The van der Waals surface area contributed by atoms with Gasteiger partial charge in [0.15, 0.2) is 0 Å². The number of rotatable bonds is 7. The van der Waals surface area contributed by atoms with Crippen LogP contribution in [-0.2, 0) is 0 Å². The Morgan fingerprint density at radius 3 is 1.94 bits per heavy atom. The van der Waals surface area contributed by atoms with Crippen LogP contribution >= 0.6 is 0 Å². The van der Waals surface area contributed by atoms with Crippen LogP contribution < -0.4 is 4.90 Å². The van der Waals surface area contributed by atoms with Gasteiger partial charge >= 0.3 is 0 Å². The van der Waals surface area contributed by atoms with Gasteiger partial charge in [0.2, 0.25) is 0 Å². The Bertz CT molecular complexity index is 433. The smallest absolute Gasteiger partial charge is 0.0434 e. The molecule has 1 aromatic carbocycles. The first-order chi connectivity index (χ1) is 8.77. The molecule has 0 aromatic heterocycles. The van der Waals surface area contributed by atoms with Gasteiger partial charge in [0, 0.05) is 41.7 Å². The summed E-state index contributed by atoms with van der Waals surface area (Å²) in [5, 5.41) is 7.04. The van der Waals surface area contributed by atoms with Crippen molar-refractivity contribution in [3.63, 3.8) is 0 Å². The van der Waals surface area contributed by atoms with Crippen molar-refractivity contribution in [1.82, 2.24) is 0 Å². The average molecular weight is 245 g/mol. The van der Waals surface area contributed by atoms with Gasteiger partial charge in [-0.3, -0.25) is 0 Å². The molecule has 0 atom stereocenters. The Hall–Kier alpha value is -2.36. The van der Waals surface area contributed by atoms with Crippen LogP contribution in [0.2, 0.25) is 0 Å². The number of hydrogen-bond donors (Lipinski definition) is 0. The standard InChI is InChI=1S/C11H15N7/c1-10-2-4-11(5-3-10)18(8-6-14-16-12)9-7-15-17-13/h2-5H,6-9H2,1H3. The van der Waals surface area contributed by atoms with Crippen LogP contribution in [-0.4, -0.2) is 26.2 Å². The van der Waals surface area contributed by atoms with Gasteiger partial charge in [-0.1, -0.05) is 27.9 Å². The largest absolute Gasteiger partial charge is 0.371 e. The van der Waals surface area contributed by atoms with Crippen LogP contribution in [0.25, 0.3) is 20.9 Å². The van der Waals surface area contributed by atoms with Crippen LogP contribution in [0.5, 0.6) is 0 Å². The lowest BCUT2D eigenvalue weighted by Crippen LogP contribution is -2.28. The highest BCUT2D eigenvalue weighted by molar-refractivity contribution is 5.47. The molecule has 7 heteroatoms. The fraction of sp³-hybridized carbons (Fsp3) is 0.455. The second-order valence-electron chi connectivity index (χ2n) is 3.73. The number of hydrogen-bond acceptors (Lipinski definition) is 3. The van der Waals surface area contributed by atoms with Crippen LogP contribution in [0.1, 0.15) is 5.56 Å². The molecule has 0 heterocycles. The minimum atomic E-state index is 0.390. The summed E-state index contributed by atoms with van der Waals surface area (Å²) >= 11 is 0. The minimum absolute atomic E-state index is 0.390. The molecule has 0 radical (unpaired) electrons. The van der Waals surface area contributed by atoms with Gasteiger partial charge in [0.1, 0.15) is 0 Å². The zero-order valence-electron chi connectivity index (χ0n) is 10.3. The molecule has 0 aliphatic carbocycles. The summed E-state index contributed by atoms with van der Waals surface area (Å²) in [4.78, 5) is 7.49. The predicted octanol–water partition coefficient (Wildman–Crippen LogP) is 3.42. The van der Waals surface area contributed by atoms with Gasteiger partial charge in [-0.2, -0.15) is 0 Å². The number of nitrogens with zero attached hydrogens (tertiary/aromatic N) is 7. The molecule has 0 unspecified atom stereocenters. The highest BCUT2D eigenvalue weighted by atomic mass is 15.2. The molecule has 7 nitrogen and oxygen atoms in total. The summed E-state index contributed by atoms with van der Waals surface area (Å²) in [6.07, 6.45) is 0. The second-order valence-corrected chi connectivity index (χ2v) is 3.73. The van der Waals surface area contributed by atoms with Gasteiger partial charge in [-0.15, -0.1) is 0 Å². The fourth-order valence-corrected chi connectivity index (χ4v) is 1.55. The first-order valence-electron chi connectivity index (χ1n) is 5.61. The number of anilines is 1. The van der Waals surface area contributed by atoms with Gasteiger partial charge in [-0.25, -0.2) is 0 Å². The lowest BCUT2D eigenvalue weighted by molar-refractivity contribution is 0.778. The van der Waals surface area contributed by atoms with E-state index in [4.69, 9.17) is 11.1 Å². The average Bonchev–Trinajstić information content (AvgIpc) is 2.38. The zero-order chi connectivity index (χ0) is 13.2. The molecule has 94 valence electrons. The third kappa shape index (κ3) is 4.65. The molecule has 0 fully saturated rings. The number of aryl methyl sites for hydroxylation is 1. The molecular formula is C11H15N7. The molecular weight excluding hydrogens is 230 g/mol. The molecule has 0 amide bonds. The SMILES string of the molecule is Cc1ccc(N(CCN=[N+]=[N-])CCN=[N+]=[N-])cc1. The van der Waals surface area contributed by atoms with Crippen LogP contribution in [0.3, 0.4) is 0 Å². The first-order valence-corrected chi connectivity index (χ1v) is 5.61. The van der Waals surface area contributed by atoms with Crippen molar-refractivity contribution >= 4 is 5.69 Å². The Morgan fingerprint density at radius 1 is 1.00 bits per heavy atom. The fourth-order valence-electron chi connectivity index (χ4n) is 1.55. The molecule has 0 saturated carbocycles. The molecule has 0 aliphatic heterocycles. The predicted molar refractivity (Wildman–Crippen MR) is 71.4 cm³/mol. The van der Waals surface area contributed by atoms with E-state index in [9.17, 15) is 0 Å². The topological polar surface area (TPSA) is 101 Å². The lowest BCUT2D eigenvalue weighted by atomic mass is 10.2. The molecule has 1 rings (SSSR count). The summed E-state index contributed by atoms with van der Waals surface area (Å²) in [5.74, 6) is 0. The van der Waals surface area contributed by atoms with Crippen molar-refractivity contribution in [1.29, 1.82) is 0 Å². The van der Waals surface area contributed by atoms with E-state index >= 15 is 0 Å². The second kappa shape index (κ2) is 7.84. The highest BCUT2D eigenvalue weighted by Gasteiger charge is 2.04. The quantitative estimate of drug-likeness (QED) is 0.410. The van der Waals surface area contributed by atoms with Crippen molar-refractivity contribution in [3.05, 3.63) is 50.7 Å². The van der Waals surface area contributed by atoms with E-state index in [0.29, 0.717) is 26.2 Å². The van der Waals surface area contributed by atoms with Gasteiger partial charge < -0.3 is 4.90 Å². The van der Waals surface area contributed by atoms with Gasteiger partial charge in [0.25, 0.3) is 0 Å². The summed E-state index contributed by atoms with van der Waals surface area (Å²) in [5.41, 5.74) is 18.8. The molecule has 0 N–H and O–H groups in total. The van der Waals surface area contributed by atoms with Crippen LogP contribution in [0, 0.1) is 6.92 Å². The first kappa shape index (κ1) is 13.7. The normalized spacial score (nSPS) is 9.17. The summed E-state index contributed by atoms with van der Waals surface area (Å²) < 4.78 is 0. The monoisotopic (exact) mass is 245 g/mol. The molecule has 0 bridgehead atoms. The summed E-state index contributed by atoms with van der Waals surface area (Å²) in [7, 11) is 0. The van der Waals surface area contributed by atoms with Crippen molar-refractivity contribution < 1.29 is 0 Å². The van der Waals surface area contributed by atoms with E-state index in [0.717, 1.165) is 5.69 Å². The van der Waals surface area contributed by atoms with Gasteiger partial charge in [0.05, 0.1) is 0 Å². The maximum Gasteiger partial charge on any atom is 0.0434 e. The molecule has 0 spiro atoms. The molecule has 18 heavy (non-hydrogen) atoms. The Balaban J connectivity index is 2.71. The highest BCUT2D eigenvalue weighted by Crippen LogP contribution is 2.14. The lowest BCUT2D eigenvalue weighted by Gasteiger charge is -2.23. The maximum absolute atomic E-state index is 8.27. The van der Waals surface area contributed by atoms with E-state index < -0.39 is 0 Å². The molecule has 1 aromatic rings. The minimum Gasteiger partial charge on any atom is -0.371 e. The Kier molecular flexibility index (Phi) is 5.97. The Labute approximate surface area is 105 Å². The number of benzene rings is 1. The molecule has 0 aliphatic rings. The van der Waals surface area contributed by atoms with Crippen molar-refractivity contribution in [2.75, 3.05) is 31.1 Å². The van der Waals surface area contributed by atoms with E-state index in [2.05, 4.69) is 20.1 Å². The van der Waals surface area contributed by atoms with Crippen molar-refractivity contribution in [3.8, 4) is 0 Å². The summed E-state index contributed by atoms with van der Waals surface area (Å²) in [6, 6.07) is 8.04. The van der Waals surface area contributed by atoms with Crippen LogP contribution in [0.15, 0.2) is 34.5 Å². The maximum atomic E-state index is 8.27. The third-order valence-electron chi connectivity index (χ3n) is 2.47. The van der Waals surface area contributed by atoms with Gasteiger partial charge in [-0.05, 0) is 30.1 Å². The van der Waals surface area contributed by atoms with Crippen molar-refractivity contribution in [2.24, 2.45) is 10.2 Å². The number of azide groups is 2. The van der Waals surface area contributed by atoms with E-state index in [-0.39, 0.29) is 0 Å². The Morgan fingerprint density at radius 2 is 1.50 bits per heavy atom. The van der Waals surface area contributed by atoms with Crippen molar-refractivity contribution in [2.45, 2.75) is 6.92 Å². The van der Waals surface area contributed by atoms with E-state index in [1.54, 1.807) is 0 Å². The van der Waals surface area contributed by atoms with Crippen LogP contribution in [0.4, 0.5) is 5.69 Å². The third-order valence-corrected chi connectivity index (χ3v) is 2.47.